The minimum absolute atomic E-state index is 0.0475. The molecule has 0 spiro atoms. The van der Waals surface area contributed by atoms with Gasteiger partial charge in [-0.1, -0.05) is 42.5 Å². The van der Waals surface area contributed by atoms with E-state index in [4.69, 9.17) is 5.10 Å². The summed E-state index contributed by atoms with van der Waals surface area (Å²) in [6.45, 7) is 3.43. The number of piperidine rings is 1. The van der Waals surface area contributed by atoms with Gasteiger partial charge in [0.2, 0.25) is 5.91 Å². The number of benzene rings is 2. The molecule has 1 atom stereocenters. The van der Waals surface area contributed by atoms with Crippen LogP contribution in [0.25, 0.3) is 16.8 Å². The van der Waals surface area contributed by atoms with Gasteiger partial charge >= 0.3 is 0 Å². The summed E-state index contributed by atoms with van der Waals surface area (Å²) < 4.78 is 15.0. The van der Waals surface area contributed by atoms with Gasteiger partial charge in [-0.2, -0.15) is 5.10 Å². The van der Waals surface area contributed by atoms with E-state index in [-0.39, 0.29) is 23.7 Å². The van der Waals surface area contributed by atoms with E-state index < -0.39 is 0 Å². The normalized spacial score (nSPS) is 15.5. The van der Waals surface area contributed by atoms with E-state index >= 15 is 0 Å². The Balaban J connectivity index is 1.26. The number of hydrogen-bond acceptors (Lipinski definition) is 4. The predicted octanol–water partition coefficient (Wildman–Crippen LogP) is 4.63. The summed E-state index contributed by atoms with van der Waals surface area (Å²) in [5, 5.41) is 7.79. The molecule has 7 heteroatoms. The van der Waals surface area contributed by atoms with Crippen molar-refractivity contribution < 1.29 is 9.18 Å². The molecular weight excluding hydrogens is 417 g/mol. The lowest BCUT2D eigenvalue weighted by atomic mass is 9.95. The maximum atomic E-state index is 13.2. The molecule has 1 fully saturated rings. The molecule has 1 aliphatic heterocycles. The largest absolute Gasteiger partial charge is 0.355 e. The Bertz CT molecular complexity index is 1250. The van der Waals surface area contributed by atoms with Gasteiger partial charge in [-0.05, 0) is 43.5 Å². The van der Waals surface area contributed by atoms with Gasteiger partial charge in [-0.15, -0.1) is 0 Å². The molecule has 6 nitrogen and oxygen atoms in total. The fourth-order valence-electron chi connectivity index (χ4n) is 4.42. The number of carbonyl (C=O) groups is 1. The van der Waals surface area contributed by atoms with Gasteiger partial charge in [-0.3, -0.25) is 4.79 Å². The van der Waals surface area contributed by atoms with E-state index in [9.17, 15) is 9.18 Å². The van der Waals surface area contributed by atoms with E-state index in [0.717, 1.165) is 54.1 Å². The van der Waals surface area contributed by atoms with Crippen molar-refractivity contribution in [2.75, 3.05) is 18.0 Å². The Morgan fingerprint density at radius 2 is 1.82 bits per heavy atom. The minimum Gasteiger partial charge on any atom is -0.355 e. The summed E-state index contributed by atoms with van der Waals surface area (Å²) in [5.41, 5.74) is 3.84. The second-order valence-corrected chi connectivity index (χ2v) is 8.52. The van der Waals surface area contributed by atoms with Gasteiger partial charge in [-0.25, -0.2) is 13.9 Å². The Labute approximate surface area is 192 Å². The number of carbonyl (C=O) groups excluding carboxylic acids is 1. The highest BCUT2D eigenvalue weighted by Crippen LogP contribution is 2.28. The molecule has 0 radical (unpaired) electrons. The molecule has 1 saturated heterocycles. The first kappa shape index (κ1) is 21.1. The van der Waals surface area contributed by atoms with E-state index in [1.807, 2.05) is 48.0 Å². The smallest absolute Gasteiger partial charge is 0.223 e. The van der Waals surface area contributed by atoms with Crippen molar-refractivity contribution in [1.82, 2.24) is 19.9 Å². The molecule has 0 unspecified atom stereocenters. The third-order valence-electron chi connectivity index (χ3n) is 6.33. The summed E-state index contributed by atoms with van der Waals surface area (Å²) in [4.78, 5) is 19.7. The fourth-order valence-corrected chi connectivity index (χ4v) is 4.42. The van der Waals surface area contributed by atoms with Crippen LogP contribution in [0.3, 0.4) is 0 Å². The monoisotopic (exact) mass is 443 g/mol. The highest BCUT2D eigenvalue weighted by molar-refractivity contribution is 5.80. The van der Waals surface area contributed by atoms with Crippen molar-refractivity contribution in [3.05, 3.63) is 84.4 Å². The summed E-state index contributed by atoms with van der Waals surface area (Å²) in [6.07, 6.45) is 5.14. The van der Waals surface area contributed by atoms with Crippen molar-refractivity contribution in [1.29, 1.82) is 0 Å². The molecule has 0 bridgehead atoms. The SMILES string of the molecule is C[C@@H](NC(=O)C1CCN(c2nccn3nc(-c4ccccc4)cc23)CC1)c1ccc(F)cc1. The van der Waals surface area contributed by atoms with Crippen LogP contribution in [-0.2, 0) is 4.79 Å². The van der Waals surface area contributed by atoms with E-state index in [1.54, 1.807) is 18.3 Å². The van der Waals surface area contributed by atoms with Crippen molar-refractivity contribution >= 4 is 17.2 Å². The quantitative estimate of drug-likeness (QED) is 0.489. The van der Waals surface area contributed by atoms with Gasteiger partial charge in [0.25, 0.3) is 0 Å². The van der Waals surface area contributed by atoms with Crippen molar-refractivity contribution in [2.24, 2.45) is 5.92 Å². The molecule has 33 heavy (non-hydrogen) atoms. The Hall–Kier alpha value is -3.74. The second-order valence-electron chi connectivity index (χ2n) is 8.52. The number of nitrogens with zero attached hydrogens (tertiary/aromatic N) is 4. The van der Waals surface area contributed by atoms with Crippen LogP contribution in [0.4, 0.5) is 10.2 Å². The first-order valence-electron chi connectivity index (χ1n) is 11.3. The van der Waals surface area contributed by atoms with Crippen LogP contribution in [0.5, 0.6) is 0 Å². The van der Waals surface area contributed by atoms with Gasteiger partial charge in [0.05, 0.1) is 11.7 Å². The number of anilines is 1. The zero-order valence-corrected chi connectivity index (χ0v) is 18.5. The van der Waals surface area contributed by atoms with Crippen LogP contribution >= 0.6 is 0 Å². The van der Waals surface area contributed by atoms with Gasteiger partial charge < -0.3 is 10.2 Å². The van der Waals surface area contributed by atoms with Crippen LogP contribution < -0.4 is 10.2 Å². The summed E-state index contributed by atoms with van der Waals surface area (Å²) >= 11 is 0. The number of fused-ring (bicyclic) bond motifs is 1. The van der Waals surface area contributed by atoms with Gasteiger partial charge in [0.1, 0.15) is 11.3 Å². The summed E-state index contributed by atoms with van der Waals surface area (Å²) in [6, 6.07) is 18.3. The van der Waals surface area contributed by atoms with Crippen LogP contribution in [0.2, 0.25) is 0 Å². The standard InChI is InChI=1S/C26H26FN5O/c1-18(19-7-9-22(27)10-8-19)29-26(33)21-11-14-31(15-12-21)25-24-17-23(20-5-3-2-4-6-20)30-32(24)16-13-28-25/h2-10,13,16-18,21H,11-12,14-15H2,1H3,(H,29,33)/t18-/m1/s1. The molecule has 168 valence electrons. The average Bonchev–Trinajstić information content (AvgIpc) is 3.30. The topological polar surface area (TPSA) is 62.5 Å². The fraction of sp³-hybridized carbons (Fsp3) is 0.269. The minimum atomic E-state index is -0.276. The Kier molecular flexibility index (Phi) is 5.77. The predicted molar refractivity (Wildman–Crippen MR) is 126 cm³/mol. The highest BCUT2D eigenvalue weighted by Gasteiger charge is 2.27. The van der Waals surface area contributed by atoms with Crippen LogP contribution in [0, 0.1) is 11.7 Å². The molecule has 3 heterocycles. The summed E-state index contributed by atoms with van der Waals surface area (Å²) in [7, 11) is 0. The first-order chi connectivity index (χ1) is 16.1. The molecule has 0 saturated carbocycles. The van der Waals surface area contributed by atoms with Gasteiger partial charge in [0, 0.05) is 37.0 Å². The molecule has 1 amide bonds. The number of aromatic nitrogens is 3. The zero-order chi connectivity index (χ0) is 22.8. The number of hydrogen-bond donors (Lipinski definition) is 1. The maximum absolute atomic E-state index is 13.2. The average molecular weight is 444 g/mol. The Morgan fingerprint density at radius 3 is 2.55 bits per heavy atom. The second kappa shape index (κ2) is 9.02. The number of halogens is 1. The zero-order valence-electron chi connectivity index (χ0n) is 18.5. The summed E-state index contributed by atoms with van der Waals surface area (Å²) in [5.74, 6) is 0.620. The molecule has 4 aromatic rings. The van der Waals surface area contributed by atoms with Crippen molar-refractivity contribution in [3.63, 3.8) is 0 Å². The molecular formula is C26H26FN5O. The first-order valence-corrected chi connectivity index (χ1v) is 11.3. The van der Waals surface area contributed by atoms with Crippen LogP contribution in [-0.4, -0.2) is 33.6 Å². The molecule has 1 aliphatic rings. The third kappa shape index (κ3) is 4.44. The lowest BCUT2D eigenvalue weighted by Crippen LogP contribution is -2.41. The molecule has 0 aliphatic carbocycles. The maximum Gasteiger partial charge on any atom is 0.223 e. The molecule has 5 rings (SSSR count). The van der Waals surface area contributed by atoms with Crippen LogP contribution in [0.1, 0.15) is 31.4 Å². The highest BCUT2D eigenvalue weighted by atomic mass is 19.1. The molecule has 2 aromatic heterocycles. The van der Waals surface area contributed by atoms with Crippen LogP contribution in [0.15, 0.2) is 73.1 Å². The lowest BCUT2D eigenvalue weighted by Gasteiger charge is -2.32. The van der Waals surface area contributed by atoms with Crippen molar-refractivity contribution in [3.8, 4) is 11.3 Å². The lowest BCUT2D eigenvalue weighted by molar-refractivity contribution is -0.126. The number of amides is 1. The molecule has 2 aromatic carbocycles. The van der Waals surface area contributed by atoms with Gasteiger partial charge in [0.15, 0.2) is 5.82 Å². The van der Waals surface area contributed by atoms with E-state index in [0.29, 0.717) is 0 Å². The van der Waals surface area contributed by atoms with Crippen molar-refractivity contribution in [2.45, 2.75) is 25.8 Å². The number of nitrogens with one attached hydrogen (secondary N) is 1. The third-order valence-corrected chi connectivity index (χ3v) is 6.33. The molecule has 1 N–H and O–H groups in total. The van der Waals surface area contributed by atoms with E-state index in [1.165, 1.54) is 12.1 Å². The van der Waals surface area contributed by atoms with E-state index in [2.05, 4.69) is 21.3 Å². The number of rotatable bonds is 5. The Morgan fingerprint density at radius 1 is 1.09 bits per heavy atom.